The first kappa shape index (κ1) is 23.5. The number of pyridine rings is 1. The highest BCUT2D eigenvalue weighted by molar-refractivity contribution is 5.96. The molecule has 0 aliphatic carbocycles. The Kier molecular flexibility index (Phi) is 6.13. The van der Waals surface area contributed by atoms with Gasteiger partial charge in [-0.25, -0.2) is 9.37 Å². The van der Waals surface area contributed by atoms with Crippen molar-refractivity contribution in [3.05, 3.63) is 75.9 Å². The molecule has 3 aliphatic heterocycles. The lowest BCUT2D eigenvalue weighted by Crippen LogP contribution is -2.43. The Labute approximate surface area is 206 Å². The molecule has 3 atom stereocenters. The molecule has 0 radical (unpaired) electrons. The Hall–Kier alpha value is -3.19. The molecule has 4 heterocycles. The molecule has 1 aromatic carbocycles. The molecule has 2 bridgehead atoms. The molecule has 3 unspecified atom stereocenters. The van der Waals surface area contributed by atoms with Gasteiger partial charge < -0.3 is 20.2 Å². The molecular formula is C28H33FN4O2. The fourth-order valence-corrected chi connectivity index (χ4v) is 5.98. The topological polar surface area (TPSA) is 68.7 Å². The van der Waals surface area contributed by atoms with Gasteiger partial charge in [0.1, 0.15) is 11.6 Å². The number of hydrogen-bond acceptors (Lipinski definition) is 5. The zero-order valence-electron chi connectivity index (χ0n) is 20.8. The predicted octanol–water partition coefficient (Wildman–Crippen LogP) is 4.36. The minimum absolute atomic E-state index is 0.0197. The molecule has 0 saturated carbocycles. The predicted molar refractivity (Wildman–Crippen MR) is 136 cm³/mol. The van der Waals surface area contributed by atoms with Crippen LogP contribution in [0.5, 0.6) is 0 Å². The summed E-state index contributed by atoms with van der Waals surface area (Å²) in [4.78, 5) is 22.5. The molecule has 1 amide bonds. The van der Waals surface area contributed by atoms with Crippen LogP contribution in [0, 0.1) is 5.82 Å². The van der Waals surface area contributed by atoms with Crippen LogP contribution in [0.3, 0.4) is 0 Å². The van der Waals surface area contributed by atoms with Crippen molar-refractivity contribution in [2.24, 2.45) is 0 Å². The molecule has 0 saturated heterocycles. The molecule has 5 rings (SSSR count). The number of aliphatic hydroxyl groups excluding tert-OH is 1. The number of benzene rings is 1. The third kappa shape index (κ3) is 3.92. The summed E-state index contributed by atoms with van der Waals surface area (Å²) in [6, 6.07) is 6.84. The van der Waals surface area contributed by atoms with Gasteiger partial charge in [-0.3, -0.25) is 4.79 Å². The van der Waals surface area contributed by atoms with E-state index in [0.29, 0.717) is 25.2 Å². The van der Waals surface area contributed by atoms with Crippen LogP contribution in [0.15, 0.2) is 47.8 Å². The zero-order valence-corrected chi connectivity index (χ0v) is 20.8. The maximum Gasteiger partial charge on any atom is 0.254 e. The van der Waals surface area contributed by atoms with Gasteiger partial charge in [-0.2, -0.15) is 0 Å². The van der Waals surface area contributed by atoms with Crippen LogP contribution in [-0.4, -0.2) is 65.1 Å². The normalized spacial score (nSPS) is 23.8. The molecule has 184 valence electrons. The molecular weight excluding hydrogens is 443 g/mol. The molecule has 2 aromatic rings. The highest BCUT2D eigenvalue weighted by atomic mass is 19.1. The summed E-state index contributed by atoms with van der Waals surface area (Å²) in [6.07, 6.45) is 5.04. The van der Waals surface area contributed by atoms with Crippen molar-refractivity contribution in [1.29, 1.82) is 0 Å². The zero-order chi connectivity index (χ0) is 24.9. The van der Waals surface area contributed by atoms with Crippen molar-refractivity contribution in [3.63, 3.8) is 0 Å². The van der Waals surface area contributed by atoms with Gasteiger partial charge in [0.25, 0.3) is 5.91 Å². The third-order valence-corrected chi connectivity index (χ3v) is 7.80. The van der Waals surface area contributed by atoms with Gasteiger partial charge in [-0.15, -0.1) is 0 Å². The van der Waals surface area contributed by atoms with Gasteiger partial charge in [0.2, 0.25) is 0 Å². The Morgan fingerprint density at radius 2 is 2.06 bits per heavy atom. The van der Waals surface area contributed by atoms with Crippen molar-refractivity contribution in [3.8, 4) is 0 Å². The molecule has 3 aliphatic rings. The van der Waals surface area contributed by atoms with Crippen LogP contribution in [0.1, 0.15) is 66.1 Å². The second kappa shape index (κ2) is 9.11. The third-order valence-electron chi connectivity index (χ3n) is 7.80. The molecule has 0 fully saturated rings. The number of likely N-dealkylation sites (N-methyl/N-ethyl adjacent to an activating group) is 1. The first-order valence-electron chi connectivity index (χ1n) is 12.4. The monoisotopic (exact) mass is 476 g/mol. The number of allylic oxidation sites excluding steroid dienone is 2. The van der Waals surface area contributed by atoms with E-state index in [4.69, 9.17) is 4.98 Å². The van der Waals surface area contributed by atoms with Crippen molar-refractivity contribution in [1.82, 2.24) is 14.8 Å². The first-order chi connectivity index (χ1) is 16.8. The maximum absolute atomic E-state index is 14.4. The van der Waals surface area contributed by atoms with E-state index in [1.54, 1.807) is 18.0 Å². The maximum atomic E-state index is 14.4. The lowest BCUT2D eigenvalue weighted by Gasteiger charge is -2.40. The molecule has 0 spiro atoms. The minimum atomic E-state index is -0.339. The number of rotatable bonds is 3. The molecule has 1 aromatic heterocycles. The number of nitrogens with zero attached hydrogens (tertiary/aromatic N) is 3. The van der Waals surface area contributed by atoms with E-state index in [9.17, 15) is 14.3 Å². The fourth-order valence-electron chi connectivity index (χ4n) is 5.98. The summed E-state index contributed by atoms with van der Waals surface area (Å²) >= 11 is 0. The molecule has 6 nitrogen and oxygen atoms in total. The molecule has 35 heavy (non-hydrogen) atoms. The van der Waals surface area contributed by atoms with Gasteiger partial charge >= 0.3 is 0 Å². The van der Waals surface area contributed by atoms with Gasteiger partial charge in [0.05, 0.1) is 13.2 Å². The summed E-state index contributed by atoms with van der Waals surface area (Å²) in [5.41, 5.74) is 6.58. The Morgan fingerprint density at radius 3 is 2.80 bits per heavy atom. The summed E-state index contributed by atoms with van der Waals surface area (Å²) in [7, 11) is 1.80. The standard InChI is InChI=1S/C28H33FN4O2/c1-5-20-10-16(2)26-18-11-23-24(14-31-27(23)30-13-18)17(3)22-12-19(29)6-7-21(22)28(35)32(4)15-25(26)33(20)8-9-34/h6-7,10-13,17,20,24,34H,5,8-9,14-15H2,1-4H3,(H,30,31). The number of β-amino-alcohol motifs (C(OH)–C–C–N with tert-alkyl or cyclic N) is 1. The highest BCUT2D eigenvalue weighted by Crippen LogP contribution is 2.44. The SMILES string of the molecule is CCC1C=C(C)C2=C(CN(C)C(=O)c3ccc(F)cc3C(C)C3CNc4ncc2cc43)N1CCO. The Morgan fingerprint density at radius 1 is 1.26 bits per heavy atom. The molecule has 7 heteroatoms. The van der Waals surface area contributed by atoms with Crippen molar-refractivity contribution in [2.75, 3.05) is 38.6 Å². The summed E-state index contributed by atoms with van der Waals surface area (Å²) < 4.78 is 14.4. The van der Waals surface area contributed by atoms with Crippen molar-refractivity contribution < 1.29 is 14.3 Å². The van der Waals surface area contributed by atoms with Gasteiger partial charge in [0, 0.05) is 66.3 Å². The average Bonchev–Trinajstić information content (AvgIpc) is 3.27. The number of aliphatic hydroxyl groups is 1. The largest absolute Gasteiger partial charge is 0.395 e. The number of halogens is 1. The van der Waals surface area contributed by atoms with Crippen LogP contribution in [-0.2, 0) is 0 Å². The lowest BCUT2D eigenvalue weighted by atomic mass is 9.80. The van der Waals surface area contributed by atoms with E-state index in [1.165, 1.54) is 12.1 Å². The number of hydrogen-bond donors (Lipinski definition) is 2. The van der Waals surface area contributed by atoms with Gasteiger partial charge in [-0.05, 0) is 54.7 Å². The van der Waals surface area contributed by atoms with E-state index in [1.807, 2.05) is 6.20 Å². The summed E-state index contributed by atoms with van der Waals surface area (Å²) in [5.74, 6) is 0.368. The number of nitrogens with one attached hydrogen (secondary N) is 1. The van der Waals surface area contributed by atoms with Gasteiger partial charge in [0.15, 0.2) is 0 Å². The van der Waals surface area contributed by atoms with Gasteiger partial charge in [-0.1, -0.05) is 19.9 Å². The number of anilines is 1. The van der Waals surface area contributed by atoms with E-state index < -0.39 is 0 Å². The fraction of sp³-hybridized carbons (Fsp3) is 0.429. The number of carbonyl (C=O) groups excluding carboxylic acids is 1. The quantitative estimate of drug-likeness (QED) is 0.689. The first-order valence-corrected chi connectivity index (χ1v) is 12.4. The highest BCUT2D eigenvalue weighted by Gasteiger charge is 2.35. The van der Waals surface area contributed by atoms with Crippen molar-refractivity contribution >= 4 is 17.3 Å². The van der Waals surface area contributed by atoms with Crippen molar-refractivity contribution in [2.45, 2.75) is 45.1 Å². The molecule has 2 N–H and O–H groups in total. The minimum Gasteiger partial charge on any atom is -0.395 e. The number of amides is 1. The Balaban J connectivity index is 1.76. The number of carbonyl (C=O) groups is 1. The van der Waals surface area contributed by atoms with E-state index in [-0.39, 0.29) is 36.2 Å². The van der Waals surface area contributed by atoms with E-state index in [2.05, 4.69) is 43.1 Å². The van der Waals surface area contributed by atoms with Crippen LogP contribution in [0.2, 0.25) is 0 Å². The lowest BCUT2D eigenvalue weighted by molar-refractivity contribution is 0.0789. The van der Waals surface area contributed by atoms with Crippen LogP contribution >= 0.6 is 0 Å². The van der Waals surface area contributed by atoms with Crippen LogP contribution < -0.4 is 5.32 Å². The smallest absolute Gasteiger partial charge is 0.254 e. The Bertz CT molecular complexity index is 1240. The second-order valence-electron chi connectivity index (χ2n) is 9.89. The number of fused-ring (bicyclic) bond motifs is 3. The second-order valence-corrected chi connectivity index (χ2v) is 9.89. The van der Waals surface area contributed by atoms with E-state index >= 15 is 0 Å². The van der Waals surface area contributed by atoms with Crippen LogP contribution in [0.4, 0.5) is 10.2 Å². The van der Waals surface area contributed by atoms with E-state index in [0.717, 1.165) is 45.8 Å². The number of aromatic nitrogens is 1. The summed E-state index contributed by atoms with van der Waals surface area (Å²) in [6.45, 7) is 7.87. The summed E-state index contributed by atoms with van der Waals surface area (Å²) in [5, 5.41) is 13.3. The van der Waals surface area contributed by atoms with Crippen LogP contribution in [0.25, 0.3) is 5.57 Å². The average molecular weight is 477 g/mol.